The first-order valence-corrected chi connectivity index (χ1v) is 13.4. The van der Waals surface area contributed by atoms with Crippen LogP contribution in [0.4, 0.5) is 5.69 Å². The van der Waals surface area contributed by atoms with Gasteiger partial charge in [0, 0.05) is 21.8 Å². The number of hydrogen-bond acceptors (Lipinski definition) is 6. The van der Waals surface area contributed by atoms with Gasteiger partial charge in [-0.25, -0.2) is 4.99 Å². The molecule has 5 rings (SSSR count). The molecule has 1 atom stereocenters. The fraction of sp³-hybridized carbons (Fsp3) is 0.138. The topological polar surface area (TPSA) is 81.9 Å². The van der Waals surface area contributed by atoms with Crippen LogP contribution >= 0.6 is 27.3 Å². The number of ether oxygens (including phenoxy) is 2. The van der Waals surface area contributed by atoms with Gasteiger partial charge < -0.3 is 14.8 Å². The third-order valence-electron chi connectivity index (χ3n) is 6.20. The molecule has 192 valence electrons. The summed E-state index contributed by atoms with van der Waals surface area (Å²) in [5.41, 5.74) is 2.83. The number of hydrogen-bond donors (Lipinski definition) is 1. The highest BCUT2D eigenvalue weighted by Crippen LogP contribution is 2.37. The standard InChI is InChI=1S/C29H24BrN3O4S/c1-17-25(27(34)32-20-7-5-4-6-8-20)26(22-14-13-21(36-2)16-23(22)37-3)33-28(35)24(38-29(33)31-17)15-18-9-11-19(30)12-10-18/h4-16,26H,1-3H3,(H,32,34)/b24-15-/t26-/m0/s1. The molecule has 0 saturated heterocycles. The summed E-state index contributed by atoms with van der Waals surface area (Å²) < 4.78 is 14.1. The minimum Gasteiger partial charge on any atom is -0.497 e. The molecule has 2 heterocycles. The van der Waals surface area contributed by atoms with Gasteiger partial charge in [-0.1, -0.05) is 57.6 Å². The summed E-state index contributed by atoms with van der Waals surface area (Å²) in [6.07, 6.45) is 1.83. The number of para-hydroxylation sites is 1. The van der Waals surface area contributed by atoms with Crippen LogP contribution in [0.1, 0.15) is 24.1 Å². The molecular weight excluding hydrogens is 566 g/mol. The zero-order chi connectivity index (χ0) is 26.8. The van der Waals surface area contributed by atoms with E-state index in [1.54, 1.807) is 37.8 Å². The van der Waals surface area contributed by atoms with Crippen molar-refractivity contribution in [1.29, 1.82) is 0 Å². The number of carbonyl (C=O) groups is 1. The van der Waals surface area contributed by atoms with Crippen molar-refractivity contribution in [2.75, 3.05) is 19.5 Å². The summed E-state index contributed by atoms with van der Waals surface area (Å²) >= 11 is 4.73. The van der Waals surface area contributed by atoms with Crippen LogP contribution < -0.4 is 29.7 Å². The summed E-state index contributed by atoms with van der Waals surface area (Å²) in [5, 5.41) is 2.96. The van der Waals surface area contributed by atoms with Crippen molar-refractivity contribution in [3.8, 4) is 11.5 Å². The Balaban J connectivity index is 1.72. The molecule has 0 aliphatic carbocycles. The van der Waals surface area contributed by atoms with Crippen molar-refractivity contribution in [1.82, 2.24) is 4.57 Å². The molecule has 3 aromatic carbocycles. The number of fused-ring (bicyclic) bond motifs is 1. The number of benzene rings is 3. The third kappa shape index (κ3) is 4.94. The van der Waals surface area contributed by atoms with Gasteiger partial charge in [0.05, 0.1) is 30.0 Å². The van der Waals surface area contributed by atoms with E-state index in [0.717, 1.165) is 10.0 Å². The van der Waals surface area contributed by atoms with Crippen LogP contribution in [0.3, 0.4) is 0 Å². The molecule has 1 aliphatic heterocycles. The molecule has 0 radical (unpaired) electrons. The third-order valence-corrected chi connectivity index (χ3v) is 7.71. The quantitative estimate of drug-likeness (QED) is 0.355. The second kappa shape index (κ2) is 10.8. The molecule has 4 aromatic rings. The van der Waals surface area contributed by atoms with E-state index in [2.05, 4.69) is 21.2 Å². The van der Waals surface area contributed by atoms with E-state index in [-0.39, 0.29) is 11.5 Å². The minimum atomic E-state index is -0.761. The number of allylic oxidation sites excluding steroid dienone is 1. The highest BCUT2D eigenvalue weighted by molar-refractivity contribution is 9.10. The Morgan fingerprint density at radius 1 is 1.05 bits per heavy atom. The fourth-order valence-corrected chi connectivity index (χ4v) is 5.69. The number of rotatable bonds is 6. The predicted octanol–water partition coefficient (Wildman–Crippen LogP) is 4.65. The molecular formula is C29H24BrN3O4S. The second-order valence-corrected chi connectivity index (χ2v) is 10.5. The van der Waals surface area contributed by atoms with Crippen LogP contribution in [0.5, 0.6) is 11.5 Å². The predicted molar refractivity (Wildman–Crippen MR) is 153 cm³/mol. The van der Waals surface area contributed by atoms with Crippen LogP contribution in [-0.4, -0.2) is 24.7 Å². The molecule has 1 aliphatic rings. The first kappa shape index (κ1) is 25.7. The van der Waals surface area contributed by atoms with E-state index in [1.165, 1.54) is 11.3 Å². The van der Waals surface area contributed by atoms with Crippen LogP contribution in [0.2, 0.25) is 0 Å². The number of nitrogens with zero attached hydrogens (tertiary/aromatic N) is 2. The molecule has 0 bridgehead atoms. The van der Waals surface area contributed by atoms with Crippen molar-refractivity contribution in [3.63, 3.8) is 0 Å². The van der Waals surface area contributed by atoms with E-state index in [9.17, 15) is 9.59 Å². The number of halogens is 1. The highest BCUT2D eigenvalue weighted by Gasteiger charge is 2.34. The van der Waals surface area contributed by atoms with Crippen LogP contribution in [0.25, 0.3) is 6.08 Å². The lowest BCUT2D eigenvalue weighted by Crippen LogP contribution is -2.40. The zero-order valence-electron chi connectivity index (χ0n) is 20.9. The van der Waals surface area contributed by atoms with Crippen LogP contribution in [0, 0.1) is 0 Å². The van der Waals surface area contributed by atoms with E-state index in [4.69, 9.17) is 14.5 Å². The van der Waals surface area contributed by atoms with E-state index < -0.39 is 6.04 Å². The molecule has 0 spiro atoms. The number of anilines is 1. The van der Waals surface area contributed by atoms with Gasteiger partial charge in [-0.15, -0.1) is 0 Å². The molecule has 1 N–H and O–H groups in total. The normalized spacial score (nSPS) is 15.1. The maximum absolute atomic E-state index is 13.9. The first-order chi connectivity index (χ1) is 18.4. The molecule has 0 fully saturated rings. The summed E-state index contributed by atoms with van der Waals surface area (Å²) in [6.45, 7) is 1.79. The Morgan fingerprint density at radius 2 is 1.79 bits per heavy atom. The van der Waals surface area contributed by atoms with Crippen molar-refractivity contribution in [3.05, 3.63) is 119 Å². The van der Waals surface area contributed by atoms with Gasteiger partial charge >= 0.3 is 0 Å². The summed E-state index contributed by atoms with van der Waals surface area (Å²) in [4.78, 5) is 32.8. The maximum Gasteiger partial charge on any atom is 0.271 e. The van der Waals surface area contributed by atoms with Crippen molar-refractivity contribution in [2.24, 2.45) is 4.99 Å². The number of carbonyl (C=O) groups excluding carboxylic acids is 1. The smallest absolute Gasteiger partial charge is 0.271 e. The molecule has 1 aromatic heterocycles. The second-order valence-electron chi connectivity index (χ2n) is 8.56. The number of methoxy groups -OCH3 is 2. The lowest BCUT2D eigenvalue weighted by Gasteiger charge is -2.26. The monoisotopic (exact) mass is 589 g/mol. The lowest BCUT2D eigenvalue weighted by atomic mass is 9.94. The zero-order valence-corrected chi connectivity index (χ0v) is 23.3. The maximum atomic E-state index is 13.9. The fourth-order valence-electron chi connectivity index (χ4n) is 4.38. The summed E-state index contributed by atoms with van der Waals surface area (Å²) in [5.74, 6) is 0.753. The van der Waals surface area contributed by atoms with E-state index in [1.807, 2.05) is 66.7 Å². The SMILES string of the molecule is COc1ccc([C@H]2C(C(=O)Nc3ccccc3)=C(C)N=c3s/c(=C\c4ccc(Br)cc4)c(=O)n32)c(OC)c1. The van der Waals surface area contributed by atoms with Gasteiger partial charge in [-0.2, -0.15) is 0 Å². The highest BCUT2D eigenvalue weighted by atomic mass is 79.9. The molecule has 7 nitrogen and oxygen atoms in total. The van der Waals surface area contributed by atoms with E-state index >= 15 is 0 Å². The van der Waals surface area contributed by atoms with Gasteiger partial charge in [-0.05, 0) is 55.0 Å². The Labute approximate surface area is 231 Å². The summed E-state index contributed by atoms with van der Waals surface area (Å²) in [7, 11) is 3.12. The average molecular weight is 590 g/mol. The Hall–Kier alpha value is -3.95. The van der Waals surface area contributed by atoms with Crippen LogP contribution in [-0.2, 0) is 4.79 Å². The number of nitrogens with one attached hydrogen (secondary N) is 1. The summed E-state index contributed by atoms with van der Waals surface area (Å²) in [6, 6.07) is 21.5. The molecule has 38 heavy (non-hydrogen) atoms. The van der Waals surface area contributed by atoms with Gasteiger partial charge in [-0.3, -0.25) is 14.2 Å². The molecule has 0 unspecified atom stereocenters. The molecule has 1 amide bonds. The Bertz CT molecular complexity index is 1720. The lowest BCUT2D eigenvalue weighted by molar-refractivity contribution is -0.113. The number of aromatic nitrogens is 1. The van der Waals surface area contributed by atoms with Crippen molar-refractivity contribution in [2.45, 2.75) is 13.0 Å². The first-order valence-electron chi connectivity index (χ1n) is 11.8. The number of amides is 1. The van der Waals surface area contributed by atoms with Gasteiger partial charge in [0.1, 0.15) is 17.5 Å². The minimum absolute atomic E-state index is 0.239. The van der Waals surface area contributed by atoms with Gasteiger partial charge in [0.15, 0.2) is 4.80 Å². The number of thiazole rings is 1. The molecule has 0 saturated carbocycles. The molecule has 9 heteroatoms. The van der Waals surface area contributed by atoms with E-state index in [0.29, 0.717) is 43.4 Å². The van der Waals surface area contributed by atoms with Gasteiger partial charge in [0.25, 0.3) is 11.5 Å². The van der Waals surface area contributed by atoms with Crippen LogP contribution in [0.15, 0.2) is 98.3 Å². The van der Waals surface area contributed by atoms with Crippen molar-refractivity contribution >= 4 is 44.9 Å². The van der Waals surface area contributed by atoms with Gasteiger partial charge in [0.2, 0.25) is 0 Å². The van der Waals surface area contributed by atoms with Crippen molar-refractivity contribution < 1.29 is 14.3 Å². The average Bonchev–Trinajstić information content (AvgIpc) is 3.23. The Morgan fingerprint density at radius 3 is 2.47 bits per heavy atom. The Kier molecular flexibility index (Phi) is 7.31. The largest absolute Gasteiger partial charge is 0.497 e.